The lowest BCUT2D eigenvalue weighted by Gasteiger charge is -2.25. The Balaban J connectivity index is 1.57. The highest BCUT2D eigenvalue weighted by atomic mass is 35.5. The van der Waals surface area contributed by atoms with Gasteiger partial charge in [0, 0.05) is 19.6 Å². The van der Waals surface area contributed by atoms with Crippen molar-refractivity contribution in [1.29, 1.82) is 0 Å². The third-order valence-corrected chi connectivity index (χ3v) is 3.80. The van der Waals surface area contributed by atoms with Gasteiger partial charge < -0.3 is 20.1 Å². The molecule has 6 heteroatoms. The smallest absolute Gasteiger partial charge is 0.225 e. The van der Waals surface area contributed by atoms with E-state index in [1.807, 2.05) is 12.1 Å². The largest absolute Gasteiger partial charge is 0.486 e. The lowest BCUT2D eigenvalue weighted by Crippen LogP contribution is -2.51. The number of carbonyl (C=O) groups excluding carboxylic acids is 1. The molecule has 0 saturated carbocycles. The summed E-state index contributed by atoms with van der Waals surface area (Å²) in [5, 5.41) is 6.58. The second-order valence-corrected chi connectivity index (χ2v) is 5.41. The van der Waals surface area contributed by atoms with Crippen molar-refractivity contribution in [3.63, 3.8) is 0 Å². The molecular weight excluding hydrogens is 280 g/mol. The van der Waals surface area contributed by atoms with Gasteiger partial charge in [0.2, 0.25) is 5.91 Å². The number of halogens is 1. The summed E-state index contributed by atoms with van der Waals surface area (Å²) < 4.78 is 11.0. The van der Waals surface area contributed by atoms with Crippen molar-refractivity contribution >= 4 is 17.5 Å². The summed E-state index contributed by atoms with van der Waals surface area (Å²) in [5.74, 6) is 1.55. The summed E-state index contributed by atoms with van der Waals surface area (Å²) >= 11 is 6.17. The van der Waals surface area contributed by atoms with Crippen LogP contribution in [0.2, 0.25) is 5.02 Å². The highest BCUT2D eigenvalue weighted by molar-refractivity contribution is 6.32. The van der Waals surface area contributed by atoms with Gasteiger partial charge >= 0.3 is 0 Å². The van der Waals surface area contributed by atoms with Gasteiger partial charge in [-0.05, 0) is 24.1 Å². The first-order valence-corrected chi connectivity index (χ1v) is 7.18. The van der Waals surface area contributed by atoms with Crippen molar-refractivity contribution in [2.75, 3.05) is 32.8 Å². The third kappa shape index (κ3) is 2.83. The number of hydrogen-bond acceptors (Lipinski definition) is 4. The van der Waals surface area contributed by atoms with E-state index in [0.717, 1.165) is 25.1 Å². The number of rotatable bonds is 4. The first-order chi connectivity index (χ1) is 9.74. The summed E-state index contributed by atoms with van der Waals surface area (Å²) in [6.07, 6.45) is 0.724. The summed E-state index contributed by atoms with van der Waals surface area (Å²) in [5.41, 5.74) is 1.03. The van der Waals surface area contributed by atoms with Crippen LogP contribution in [0.1, 0.15) is 5.56 Å². The molecule has 0 spiro atoms. The minimum atomic E-state index is 0.118. The number of amides is 1. The minimum absolute atomic E-state index is 0.118. The molecule has 3 rings (SSSR count). The van der Waals surface area contributed by atoms with Crippen LogP contribution in [0.15, 0.2) is 12.1 Å². The molecule has 2 heterocycles. The topological polar surface area (TPSA) is 59.6 Å². The zero-order valence-corrected chi connectivity index (χ0v) is 11.8. The summed E-state index contributed by atoms with van der Waals surface area (Å²) in [6.45, 7) is 3.23. The van der Waals surface area contributed by atoms with Crippen LogP contribution in [-0.4, -0.2) is 38.8 Å². The van der Waals surface area contributed by atoms with Crippen molar-refractivity contribution in [2.45, 2.75) is 6.42 Å². The zero-order chi connectivity index (χ0) is 13.9. The van der Waals surface area contributed by atoms with Crippen LogP contribution in [0, 0.1) is 5.92 Å². The minimum Gasteiger partial charge on any atom is -0.486 e. The number of nitrogens with one attached hydrogen (secondary N) is 2. The number of carbonyl (C=O) groups is 1. The van der Waals surface area contributed by atoms with Gasteiger partial charge in [-0.2, -0.15) is 0 Å². The number of hydrogen-bond donors (Lipinski definition) is 2. The second kappa shape index (κ2) is 5.89. The molecule has 0 aliphatic carbocycles. The first kappa shape index (κ1) is 13.5. The van der Waals surface area contributed by atoms with E-state index in [4.69, 9.17) is 21.1 Å². The van der Waals surface area contributed by atoms with E-state index in [1.54, 1.807) is 0 Å². The molecule has 2 N–H and O–H groups in total. The van der Waals surface area contributed by atoms with Gasteiger partial charge in [-0.15, -0.1) is 0 Å². The molecule has 20 heavy (non-hydrogen) atoms. The molecule has 0 radical (unpaired) electrons. The average Bonchev–Trinajstić information content (AvgIpc) is 2.37. The summed E-state index contributed by atoms with van der Waals surface area (Å²) in [7, 11) is 0. The van der Waals surface area contributed by atoms with Gasteiger partial charge in [-0.25, -0.2) is 0 Å². The maximum Gasteiger partial charge on any atom is 0.225 e. The van der Waals surface area contributed by atoms with E-state index in [-0.39, 0.29) is 11.8 Å². The summed E-state index contributed by atoms with van der Waals surface area (Å²) in [4.78, 5) is 11.7. The van der Waals surface area contributed by atoms with Crippen LogP contribution in [0.25, 0.3) is 0 Å². The van der Waals surface area contributed by atoms with Gasteiger partial charge in [-0.3, -0.25) is 4.79 Å². The Morgan fingerprint density at radius 1 is 1.35 bits per heavy atom. The van der Waals surface area contributed by atoms with Gasteiger partial charge in [0.1, 0.15) is 13.2 Å². The quantitative estimate of drug-likeness (QED) is 0.870. The molecule has 0 unspecified atom stereocenters. The fraction of sp³-hybridized carbons (Fsp3) is 0.500. The maximum atomic E-state index is 11.7. The normalized spacial score (nSPS) is 17.4. The Morgan fingerprint density at radius 2 is 2.15 bits per heavy atom. The molecule has 1 saturated heterocycles. The Morgan fingerprint density at radius 3 is 2.90 bits per heavy atom. The predicted octanol–water partition coefficient (Wildman–Crippen LogP) is 0.989. The molecule has 0 atom stereocenters. The van der Waals surface area contributed by atoms with E-state index >= 15 is 0 Å². The van der Waals surface area contributed by atoms with E-state index in [1.165, 1.54) is 0 Å². The lowest BCUT2D eigenvalue weighted by molar-refractivity contribution is -0.126. The monoisotopic (exact) mass is 296 g/mol. The molecule has 2 aliphatic rings. The number of fused-ring (bicyclic) bond motifs is 1. The van der Waals surface area contributed by atoms with E-state index < -0.39 is 0 Å². The first-order valence-electron chi connectivity index (χ1n) is 6.80. The second-order valence-electron chi connectivity index (χ2n) is 5.00. The van der Waals surface area contributed by atoms with Crippen LogP contribution in [0.4, 0.5) is 0 Å². The van der Waals surface area contributed by atoms with Crippen molar-refractivity contribution in [3.8, 4) is 11.5 Å². The van der Waals surface area contributed by atoms with E-state index in [9.17, 15) is 4.79 Å². The molecule has 1 fully saturated rings. The summed E-state index contributed by atoms with van der Waals surface area (Å²) in [6, 6.07) is 3.80. The molecule has 0 aromatic heterocycles. The van der Waals surface area contributed by atoms with Crippen LogP contribution >= 0.6 is 11.6 Å². The zero-order valence-electron chi connectivity index (χ0n) is 11.1. The fourth-order valence-corrected chi connectivity index (χ4v) is 2.54. The van der Waals surface area contributed by atoms with Gasteiger partial charge in [0.25, 0.3) is 0 Å². The Kier molecular flexibility index (Phi) is 3.98. The third-order valence-electron chi connectivity index (χ3n) is 3.52. The molecule has 1 aromatic rings. The standard InChI is InChI=1S/C14H17ClN2O3/c15-11-5-9(6-12-13(11)20-4-3-19-12)1-2-17-14(18)10-7-16-8-10/h5-6,10,16H,1-4,7-8H2,(H,17,18). The highest BCUT2D eigenvalue weighted by Crippen LogP contribution is 2.38. The van der Waals surface area contributed by atoms with Crippen molar-refractivity contribution in [3.05, 3.63) is 22.7 Å². The number of benzene rings is 1. The van der Waals surface area contributed by atoms with Crippen molar-refractivity contribution in [1.82, 2.24) is 10.6 Å². The van der Waals surface area contributed by atoms with E-state index in [2.05, 4.69) is 10.6 Å². The van der Waals surface area contributed by atoms with Crippen LogP contribution in [0.3, 0.4) is 0 Å². The van der Waals surface area contributed by atoms with Gasteiger partial charge in [0.15, 0.2) is 11.5 Å². The Labute approximate surface area is 122 Å². The molecule has 1 aromatic carbocycles. The molecule has 1 amide bonds. The lowest BCUT2D eigenvalue weighted by atomic mass is 10.0. The number of ether oxygens (including phenoxy) is 2. The van der Waals surface area contributed by atoms with Gasteiger partial charge in [-0.1, -0.05) is 11.6 Å². The van der Waals surface area contributed by atoms with E-state index in [0.29, 0.717) is 36.3 Å². The highest BCUT2D eigenvalue weighted by Gasteiger charge is 2.24. The Bertz CT molecular complexity index is 517. The van der Waals surface area contributed by atoms with Crippen molar-refractivity contribution < 1.29 is 14.3 Å². The van der Waals surface area contributed by atoms with Crippen molar-refractivity contribution in [2.24, 2.45) is 5.92 Å². The average molecular weight is 297 g/mol. The SMILES string of the molecule is O=C(NCCc1cc(Cl)c2c(c1)OCCO2)C1CNC1. The molecule has 2 aliphatic heterocycles. The molecule has 5 nitrogen and oxygen atoms in total. The maximum absolute atomic E-state index is 11.7. The van der Waals surface area contributed by atoms with Crippen LogP contribution in [0.5, 0.6) is 11.5 Å². The predicted molar refractivity (Wildman–Crippen MR) is 75.5 cm³/mol. The molecule has 0 bridgehead atoms. The van der Waals surface area contributed by atoms with Gasteiger partial charge in [0.05, 0.1) is 10.9 Å². The van der Waals surface area contributed by atoms with Crippen LogP contribution < -0.4 is 20.1 Å². The fourth-order valence-electron chi connectivity index (χ4n) is 2.26. The van der Waals surface area contributed by atoms with Crippen LogP contribution in [-0.2, 0) is 11.2 Å². The Hall–Kier alpha value is -1.46. The molecule has 108 valence electrons. The molecular formula is C14H17ClN2O3.